The second-order valence-electron chi connectivity index (χ2n) is 7.73. The maximum Gasteiger partial charge on any atom is 0.416 e. The summed E-state index contributed by atoms with van der Waals surface area (Å²) in [5.74, 6) is 0.166. The molecule has 1 aromatic carbocycles. The third-order valence-electron chi connectivity index (χ3n) is 3.87. The van der Waals surface area contributed by atoms with Crippen LogP contribution in [0.3, 0.4) is 0 Å². The molecular weight excluding hydrogens is 337 g/mol. The van der Waals surface area contributed by atoms with Crippen molar-refractivity contribution in [2.45, 2.75) is 64.1 Å². The predicted octanol–water partition coefficient (Wildman–Crippen LogP) is 3.38. The van der Waals surface area contributed by atoms with Crippen molar-refractivity contribution in [2.75, 3.05) is 0 Å². The Bertz CT molecular complexity index is 666. The third-order valence-corrected chi connectivity index (χ3v) is 3.87. The number of hydrogen-bond acceptors (Lipinski definition) is 3. The topological polar surface area (TPSA) is 70.6 Å². The van der Waals surface area contributed by atoms with Crippen LogP contribution in [0.15, 0.2) is 18.2 Å². The summed E-state index contributed by atoms with van der Waals surface area (Å²) in [6.07, 6.45) is -5.87. The average molecular weight is 360 g/mol. The highest BCUT2D eigenvalue weighted by atomic mass is 19.4. The number of carbonyl (C=O) groups is 1. The Balaban J connectivity index is 2.33. The fraction of sp³-hybridized carbons (Fsp3) is 0.588. The molecule has 0 bridgehead atoms. The summed E-state index contributed by atoms with van der Waals surface area (Å²) in [6, 6.07) is 1.48. The van der Waals surface area contributed by atoms with Crippen LogP contribution in [0.4, 0.5) is 18.0 Å². The number of carbonyl (C=O) groups excluding carboxylic acids is 1. The number of fused-ring (bicyclic) bond motifs is 1. The van der Waals surface area contributed by atoms with Gasteiger partial charge in [-0.2, -0.15) is 13.2 Å². The summed E-state index contributed by atoms with van der Waals surface area (Å²) in [5, 5.41) is 15.9. The van der Waals surface area contributed by atoms with E-state index >= 15 is 0 Å². The van der Waals surface area contributed by atoms with Crippen molar-refractivity contribution in [1.29, 1.82) is 0 Å². The van der Waals surface area contributed by atoms with Crippen LogP contribution in [0.5, 0.6) is 5.75 Å². The van der Waals surface area contributed by atoms with E-state index in [1.54, 1.807) is 34.6 Å². The van der Waals surface area contributed by atoms with Gasteiger partial charge >= 0.3 is 12.2 Å². The van der Waals surface area contributed by atoms with E-state index in [0.29, 0.717) is 0 Å². The molecule has 0 saturated heterocycles. The number of hydrogen-bond donors (Lipinski definition) is 3. The first kappa shape index (κ1) is 19.4. The molecule has 0 aromatic heterocycles. The Morgan fingerprint density at radius 1 is 1.24 bits per heavy atom. The van der Waals surface area contributed by atoms with E-state index in [2.05, 4.69) is 10.6 Å². The van der Waals surface area contributed by atoms with Gasteiger partial charge in [-0.3, -0.25) is 0 Å². The van der Waals surface area contributed by atoms with Crippen molar-refractivity contribution >= 4 is 6.03 Å². The number of aliphatic hydroxyl groups is 1. The molecule has 0 saturated carbocycles. The van der Waals surface area contributed by atoms with Gasteiger partial charge in [-0.25, -0.2) is 4.79 Å². The SMILES string of the molecule is CC(C)(C)NC(=O)N[C@H]1C(O)c2cc(C(F)(F)F)ccc2OC1(C)C. The van der Waals surface area contributed by atoms with Crippen LogP contribution in [0.2, 0.25) is 0 Å². The Morgan fingerprint density at radius 2 is 1.84 bits per heavy atom. The second kappa shape index (κ2) is 6.09. The molecular formula is C17H23F3N2O3. The molecule has 5 nitrogen and oxygen atoms in total. The molecule has 1 aromatic rings. The van der Waals surface area contributed by atoms with Crippen LogP contribution < -0.4 is 15.4 Å². The van der Waals surface area contributed by atoms with Crippen molar-refractivity contribution in [2.24, 2.45) is 0 Å². The largest absolute Gasteiger partial charge is 0.485 e. The first-order valence-corrected chi connectivity index (χ1v) is 7.87. The zero-order valence-corrected chi connectivity index (χ0v) is 14.8. The minimum absolute atomic E-state index is 0.00444. The fourth-order valence-electron chi connectivity index (χ4n) is 2.73. The lowest BCUT2D eigenvalue weighted by Gasteiger charge is -2.43. The minimum Gasteiger partial charge on any atom is -0.485 e. The normalized spacial score (nSPS) is 22.6. The van der Waals surface area contributed by atoms with Gasteiger partial charge in [-0.05, 0) is 52.8 Å². The molecule has 2 amide bonds. The highest BCUT2D eigenvalue weighted by Gasteiger charge is 2.45. The van der Waals surface area contributed by atoms with E-state index in [4.69, 9.17) is 4.74 Å². The molecule has 1 unspecified atom stereocenters. The van der Waals surface area contributed by atoms with Crippen LogP contribution in [0.25, 0.3) is 0 Å². The summed E-state index contributed by atoms with van der Waals surface area (Å²) < 4.78 is 44.5. The first-order valence-electron chi connectivity index (χ1n) is 7.87. The van der Waals surface area contributed by atoms with Crippen molar-refractivity contribution < 1.29 is 27.8 Å². The van der Waals surface area contributed by atoms with Gasteiger partial charge in [-0.15, -0.1) is 0 Å². The van der Waals surface area contributed by atoms with Crippen molar-refractivity contribution in [3.63, 3.8) is 0 Å². The van der Waals surface area contributed by atoms with Gasteiger partial charge < -0.3 is 20.5 Å². The smallest absolute Gasteiger partial charge is 0.416 e. The lowest BCUT2D eigenvalue weighted by molar-refractivity contribution is -0.137. The standard InChI is InChI=1S/C17H23F3N2O3/c1-15(2,3)22-14(24)21-13-12(23)10-8-9(17(18,19)20)6-7-11(10)25-16(13,4)5/h6-8,12-13,23H,1-5H3,(H2,21,22,24)/t12?,13-/m0/s1. The van der Waals surface area contributed by atoms with Crippen molar-refractivity contribution in [3.05, 3.63) is 29.3 Å². The van der Waals surface area contributed by atoms with Gasteiger partial charge in [0.2, 0.25) is 0 Å². The summed E-state index contributed by atoms with van der Waals surface area (Å²) >= 11 is 0. The van der Waals surface area contributed by atoms with E-state index in [1.165, 1.54) is 6.07 Å². The Morgan fingerprint density at radius 3 is 2.36 bits per heavy atom. The van der Waals surface area contributed by atoms with E-state index < -0.39 is 41.1 Å². The lowest BCUT2D eigenvalue weighted by atomic mass is 9.85. The molecule has 0 fully saturated rings. The zero-order chi connectivity index (χ0) is 19.2. The fourth-order valence-corrected chi connectivity index (χ4v) is 2.73. The van der Waals surface area contributed by atoms with Gasteiger partial charge in [0.25, 0.3) is 0 Å². The first-order chi connectivity index (χ1) is 11.2. The Hall–Kier alpha value is -1.96. The highest BCUT2D eigenvalue weighted by Crippen LogP contribution is 2.42. The van der Waals surface area contributed by atoms with Crippen LogP contribution in [-0.2, 0) is 6.18 Å². The molecule has 140 valence electrons. The van der Waals surface area contributed by atoms with Gasteiger partial charge in [-0.1, -0.05) is 0 Å². The number of alkyl halides is 3. The van der Waals surface area contributed by atoms with E-state index in [0.717, 1.165) is 12.1 Å². The number of benzene rings is 1. The third kappa shape index (κ3) is 4.36. The molecule has 3 N–H and O–H groups in total. The Kier molecular flexibility index (Phi) is 4.71. The van der Waals surface area contributed by atoms with Crippen molar-refractivity contribution in [1.82, 2.24) is 10.6 Å². The lowest BCUT2D eigenvalue weighted by Crippen LogP contribution is -2.61. The second-order valence-corrected chi connectivity index (χ2v) is 7.73. The molecule has 2 atom stereocenters. The van der Waals surface area contributed by atoms with Crippen LogP contribution in [0, 0.1) is 0 Å². The van der Waals surface area contributed by atoms with Crippen LogP contribution >= 0.6 is 0 Å². The molecule has 2 rings (SSSR count). The maximum absolute atomic E-state index is 12.9. The summed E-state index contributed by atoms with van der Waals surface area (Å²) in [5.41, 5.74) is -2.40. The Labute approximate surface area is 144 Å². The molecule has 0 radical (unpaired) electrons. The molecule has 1 aliphatic heterocycles. The van der Waals surface area contributed by atoms with Gasteiger partial charge in [0, 0.05) is 11.1 Å². The van der Waals surface area contributed by atoms with E-state index in [1.807, 2.05) is 0 Å². The number of rotatable bonds is 1. The zero-order valence-electron chi connectivity index (χ0n) is 14.8. The molecule has 1 aliphatic rings. The number of halogens is 3. The minimum atomic E-state index is -4.53. The summed E-state index contributed by atoms with van der Waals surface area (Å²) in [6.45, 7) is 8.67. The number of amides is 2. The molecule has 8 heteroatoms. The number of nitrogens with one attached hydrogen (secondary N) is 2. The number of aliphatic hydroxyl groups excluding tert-OH is 1. The highest BCUT2D eigenvalue weighted by molar-refractivity contribution is 5.75. The summed E-state index contributed by atoms with van der Waals surface area (Å²) in [7, 11) is 0. The molecule has 0 spiro atoms. The average Bonchev–Trinajstić information content (AvgIpc) is 2.39. The molecule has 1 heterocycles. The number of urea groups is 1. The molecule has 25 heavy (non-hydrogen) atoms. The van der Waals surface area contributed by atoms with E-state index in [9.17, 15) is 23.1 Å². The maximum atomic E-state index is 12.9. The van der Waals surface area contributed by atoms with Gasteiger partial charge in [0.05, 0.1) is 11.6 Å². The summed E-state index contributed by atoms with van der Waals surface area (Å²) in [4.78, 5) is 12.1. The predicted molar refractivity (Wildman–Crippen MR) is 86.3 cm³/mol. The monoisotopic (exact) mass is 360 g/mol. The van der Waals surface area contributed by atoms with Crippen LogP contribution in [0.1, 0.15) is 51.8 Å². The van der Waals surface area contributed by atoms with E-state index in [-0.39, 0.29) is 11.3 Å². The van der Waals surface area contributed by atoms with Gasteiger partial charge in [0.1, 0.15) is 17.5 Å². The quantitative estimate of drug-likeness (QED) is 0.719. The van der Waals surface area contributed by atoms with Crippen LogP contribution in [-0.4, -0.2) is 28.3 Å². The molecule has 0 aliphatic carbocycles. The number of ether oxygens (including phenoxy) is 1. The van der Waals surface area contributed by atoms with Gasteiger partial charge in [0.15, 0.2) is 0 Å². The van der Waals surface area contributed by atoms with Crippen molar-refractivity contribution in [3.8, 4) is 5.75 Å².